The number of nitrogens with one attached hydrogen (secondary N) is 1. The summed E-state index contributed by atoms with van der Waals surface area (Å²) in [4.78, 5) is 10.4. The molecular formula is C10H6BrFN2O. The van der Waals surface area contributed by atoms with Crippen LogP contribution in [0.1, 0.15) is 10.5 Å². The average molecular weight is 269 g/mol. The molecule has 1 heterocycles. The summed E-state index contributed by atoms with van der Waals surface area (Å²) in [6.45, 7) is 0. The normalized spacial score (nSPS) is 10.3. The first-order valence-electron chi connectivity index (χ1n) is 4.16. The Balaban J connectivity index is 2.49. The van der Waals surface area contributed by atoms with Gasteiger partial charge in [0.05, 0.1) is 11.4 Å². The molecule has 0 bridgehead atoms. The van der Waals surface area contributed by atoms with E-state index >= 15 is 0 Å². The second kappa shape index (κ2) is 3.94. The largest absolute Gasteiger partial charge is 0.296 e. The molecule has 0 atom stereocenters. The van der Waals surface area contributed by atoms with Gasteiger partial charge in [-0.25, -0.2) is 4.39 Å². The highest BCUT2D eigenvalue weighted by molar-refractivity contribution is 9.10. The van der Waals surface area contributed by atoms with Crippen molar-refractivity contribution in [2.45, 2.75) is 0 Å². The maximum atomic E-state index is 12.8. The Kier molecular flexibility index (Phi) is 2.64. The standard InChI is InChI=1S/C10H6BrFN2O/c11-9-3-6(12)1-2-8(9)10-4-7(5-15)13-14-10/h1-5H,(H,13,14). The van der Waals surface area contributed by atoms with E-state index in [1.54, 1.807) is 12.1 Å². The van der Waals surface area contributed by atoms with Gasteiger partial charge < -0.3 is 0 Å². The van der Waals surface area contributed by atoms with E-state index in [0.717, 1.165) is 5.56 Å². The first kappa shape index (κ1) is 10.0. The molecule has 0 amide bonds. The van der Waals surface area contributed by atoms with Crippen molar-refractivity contribution in [1.82, 2.24) is 10.2 Å². The number of hydrogen-bond acceptors (Lipinski definition) is 2. The summed E-state index contributed by atoms with van der Waals surface area (Å²) in [5.74, 6) is -0.322. The number of nitrogens with zero attached hydrogens (tertiary/aromatic N) is 1. The van der Waals surface area contributed by atoms with Gasteiger partial charge >= 0.3 is 0 Å². The SMILES string of the molecule is O=Cc1cc(-c2ccc(F)cc2Br)n[nH]1. The summed E-state index contributed by atoms with van der Waals surface area (Å²) in [6, 6.07) is 5.90. The highest BCUT2D eigenvalue weighted by Crippen LogP contribution is 2.27. The first-order valence-corrected chi connectivity index (χ1v) is 4.96. The van der Waals surface area contributed by atoms with Crippen molar-refractivity contribution >= 4 is 22.2 Å². The van der Waals surface area contributed by atoms with Crippen molar-refractivity contribution in [3.8, 4) is 11.3 Å². The number of aldehydes is 1. The second-order valence-corrected chi connectivity index (χ2v) is 3.80. The maximum absolute atomic E-state index is 12.8. The third-order valence-corrected chi connectivity index (χ3v) is 2.59. The van der Waals surface area contributed by atoms with Crippen LogP contribution in [0.5, 0.6) is 0 Å². The predicted octanol–water partition coefficient (Wildman–Crippen LogP) is 2.79. The zero-order valence-corrected chi connectivity index (χ0v) is 9.08. The minimum absolute atomic E-state index is 0.322. The fourth-order valence-electron chi connectivity index (χ4n) is 1.23. The van der Waals surface area contributed by atoms with Crippen LogP contribution in [0.25, 0.3) is 11.3 Å². The topological polar surface area (TPSA) is 45.8 Å². The molecule has 0 saturated carbocycles. The monoisotopic (exact) mass is 268 g/mol. The number of aromatic nitrogens is 2. The Morgan fingerprint density at radius 3 is 2.80 bits per heavy atom. The van der Waals surface area contributed by atoms with E-state index in [0.29, 0.717) is 22.1 Å². The molecule has 1 aromatic carbocycles. The molecular weight excluding hydrogens is 263 g/mol. The van der Waals surface area contributed by atoms with Crippen molar-refractivity contribution in [1.29, 1.82) is 0 Å². The van der Waals surface area contributed by atoms with Gasteiger partial charge in [0.2, 0.25) is 0 Å². The number of carbonyl (C=O) groups is 1. The molecule has 0 saturated heterocycles. The molecule has 2 aromatic rings. The van der Waals surface area contributed by atoms with E-state index in [-0.39, 0.29) is 5.82 Å². The average Bonchev–Trinajstić information content (AvgIpc) is 2.66. The number of carbonyl (C=O) groups excluding carboxylic acids is 1. The van der Waals surface area contributed by atoms with Gasteiger partial charge in [-0.15, -0.1) is 0 Å². The maximum Gasteiger partial charge on any atom is 0.167 e. The summed E-state index contributed by atoms with van der Waals surface area (Å²) in [5, 5.41) is 6.50. The van der Waals surface area contributed by atoms with Gasteiger partial charge in [-0.1, -0.05) is 0 Å². The minimum atomic E-state index is -0.322. The van der Waals surface area contributed by atoms with Gasteiger partial charge in [0.15, 0.2) is 6.29 Å². The molecule has 0 radical (unpaired) electrons. The second-order valence-electron chi connectivity index (χ2n) is 2.95. The lowest BCUT2D eigenvalue weighted by Crippen LogP contribution is -1.82. The summed E-state index contributed by atoms with van der Waals surface area (Å²) in [5.41, 5.74) is 1.73. The Bertz CT molecular complexity index is 510. The zero-order chi connectivity index (χ0) is 10.8. The van der Waals surface area contributed by atoms with Gasteiger partial charge in [0.25, 0.3) is 0 Å². The fourth-order valence-corrected chi connectivity index (χ4v) is 1.79. The molecule has 0 aliphatic rings. The highest BCUT2D eigenvalue weighted by Gasteiger charge is 2.07. The number of aromatic amines is 1. The van der Waals surface area contributed by atoms with Crippen molar-refractivity contribution in [3.63, 3.8) is 0 Å². The van der Waals surface area contributed by atoms with E-state index in [1.165, 1.54) is 12.1 Å². The Hall–Kier alpha value is -1.49. The van der Waals surface area contributed by atoms with Crippen LogP contribution < -0.4 is 0 Å². The van der Waals surface area contributed by atoms with Gasteiger partial charge in [0.1, 0.15) is 5.82 Å². The van der Waals surface area contributed by atoms with Crippen LogP contribution >= 0.6 is 15.9 Å². The molecule has 2 rings (SSSR count). The summed E-state index contributed by atoms with van der Waals surface area (Å²) >= 11 is 3.23. The van der Waals surface area contributed by atoms with Gasteiger partial charge in [0, 0.05) is 10.0 Å². The van der Waals surface area contributed by atoms with Crippen LogP contribution in [0.2, 0.25) is 0 Å². The molecule has 0 aliphatic carbocycles. The summed E-state index contributed by atoms with van der Waals surface area (Å²) in [7, 11) is 0. The van der Waals surface area contributed by atoms with Gasteiger partial charge in [-0.05, 0) is 40.2 Å². The van der Waals surface area contributed by atoms with E-state index in [4.69, 9.17) is 0 Å². The van der Waals surface area contributed by atoms with Crippen molar-refractivity contribution in [2.75, 3.05) is 0 Å². The summed E-state index contributed by atoms with van der Waals surface area (Å²) in [6.07, 6.45) is 0.675. The quantitative estimate of drug-likeness (QED) is 0.852. The lowest BCUT2D eigenvalue weighted by atomic mass is 10.1. The van der Waals surface area contributed by atoms with E-state index in [1.807, 2.05) is 0 Å². The molecule has 0 fully saturated rings. The highest BCUT2D eigenvalue weighted by atomic mass is 79.9. The van der Waals surface area contributed by atoms with E-state index in [9.17, 15) is 9.18 Å². The molecule has 0 aliphatic heterocycles. The van der Waals surface area contributed by atoms with Crippen LogP contribution in [0.15, 0.2) is 28.7 Å². The molecule has 1 aromatic heterocycles. The number of hydrogen-bond donors (Lipinski definition) is 1. The number of benzene rings is 1. The molecule has 3 nitrogen and oxygen atoms in total. The van der Waals surface area contributed by atoms with Crippen LogP contribution in [0.4, 0.5) is 4.39 Å². The van der Waals surface area contributed by atoms with Crippen LogP contribution in [0.3, 0.4) is 0 Å². The zero-order valence-electron chi connectivity index (χ0n) is 7.50. The fraction of sp³-hybridized carbons (Fsp3) is 0. The van der Waals surface area contributed by atoms with Crippen LogP contribution in [-0.4, -0.2) is 16.5 Å². The molecule has 5 heteroatoms. The molecule has 15 heavy (non-hydrogen) atoms. The molecule has 1 N–H and O–H groups in total. The molecule has 76 valence electrons. The molecule has 0 spiro atoms. The Morgan fingerprint density at radius 1 is 1.40 bits per heavy atom. The van der Waals surface area contributed by atoms with Gasteiger partial charge in [-0.2, -0.15) is 5.10 Å². The van der Waals surface area contributed by atoms with E-state index in [2.05, 4.69) is 26.1 Å². The lowest BCUT2D eigenvalue weighted by Gasteiger charge is -1.99. The Morgan fingerprint density at radius 2 is 2.20 bits per heavy atom. The third-order valence-electron chi connectivity index (χ3n) is 1.93. The minimum Gasteiger partial charge on any atom is -0.296 e. The number of H-pyrrole nitrogens is 1. The van der Waals surface area contributed by atoms with Gasteiger partial charge in [-0.3, -0.25) is 9.89 Å². The number of halogens is 2. The van der Waals surface area contributed by atoms with E-state index < -0.39 is 0 Å². The number of rotatable bonds is 2. The van der Waals surface area contributed by atoms with Crippen LogP contribution in [-0.2, 0) is 0 Å². The first-order chi connectivity index (χ1) is 7.20. The van der Waals surface area contributed by atoms with Crippen molar-refractivity contribution < 1.29 is 9.18 Å². The van der Waals surface area contributed by atoms with Crippen molar-refractivity contribution in [2.24, 2.45) is 0 Å². The lowest BCUT2D eigenvalue weighted by molar-refractivity contribution is 0.111. The molecule has 0 unspecified atom stereocenters. The summed E-state index contributed by atoms with van der Waals surface area (Å²) < 4.78 is 13.4. The predicted molar refractivity (Wildman–Crippen MR) is 57.1 cm³/mol. The van der Waals surface area contributed by atoms with Crippen LogP contribution in [0, 0.1) is 5.82 Å². The third kappa shape index (κ3) is 1.97. The van der Waals surface area contributed by atoms with Crippen molar-refractivity contribution in [3.05, 3.63) is 40.2 Å². The Labute approximate surface area is 93.4 Å². The smallest absolute Gasteiger partial charge is 0.167 e.